The molecule has 0 unspecified atom stereocenters. The van der Waals surface area contributed by atoms with Crippen LogP contribution in [0.25, 0.3) is 34.0 Å². The Kier molecular flexibility index (Phi) is 7.58. The molecule has 0 fully saturated rings. The van der Waals surface area contributed by atoms with Crippen molar-refractivity contribution in [3.05, 3.63) is 117 Å². The quantitative estimate of drug-likeness (QED) is 0.146. The van der Waals surface area contributed by atoms with Crippen molar-refractivity contribution in [2.75, 3.05) is 11.9 Å². The molecule has 2 aromatic heterocycles. The van der Waals surface area contributed by atoms with E-state index in [-0.39, 0.29) is 21.3 Å². The number of carbonyl (C=O) groups excluding carboxylic acids is 2. The second-order valence-electron chi connectivity index (χ2n) is 8.28. The average Bonchev–Trinajstić information content (AvgIpc) is 3.37. The fourth-order valence-corrected chi connectivity index (χ4v) is 4.29. The summed E-state index contributed by atoms with van der Waals surface area (Å²) in [6, 6.07) is 22.9. The van der Waals surface area contributed by atoms with Crippen molar-refractivity contribution < 1.29 is 18.7 Å². The van der Waals surface area contributed by atoms with Crippen LogP contribution < -0.4 is 10.9 Å². The predicted octanol–water partition coefficient (Wildman–Crippen LogP) is 6.15. The maximum Gasteiger partial charge on any atom is 0.345 e. The lowest BCUT2D eigenvalue weighted by Crippen LogP contribution is -2.20. The normalized spacial score (nSPS) is 11.1. The molecule has 1 amide bonds. The number of rotatable bonds is 7. The van der Waals surface area contributed by atoms with Crippen molar-refractivity contribution in [1.29, 1.82) is 0 Å². The number of hydrogen-bond donors (Lipinski definition) is 1. The van der Waals surface area contributed by atoms with E-state index in [1.165, 1.54) is 6.08 Å². The van der Waals surface area contributed by atoms with E-state index in [0.717, 1.165) is 17.1 Å². The predicted molar refractivity (Wildman–Crippen MR) is 150 cm³/mol. The van der Waals surface area contributed by atoms with Gasteiger partial charge in [0.2, 0.25) is 0 Å². The first-order chi connectivity index (χ1) is 18.9. The second kappa shape index (κ2) is 11.4. The van der Waals surface area contributed by atoms with Gasteiger partial charge in [-0.05, 0) is 42.5 Å². The number of nitrogens with zero attached hydrogens (tertiary/aromatic N) is 2. The number of hydrogen-bond acceptors (Lipinski definition) is 6. The van der Waals surface area contributed by atoms with Gasteiger partial charge in [-0.2, -0.15) is 5.10 Å². The lowest BCUT2D eigenvalue weighted by atomic mass is 10.1. The smallest absolute Gasteiger partial charge is 0.345 e. The Bertz CT molecular complexity index is 1760. The van der Waals surface area contributed by atoms with Crippen LogP contribution in [0.4, 0.5) is 5.69 Å². The zero-order valence-corrected chi connectivity index (χ0v) is 21.6. The molecule has 5 rings (SSSR count). The summed E-state index contributed by atoms with van der Waals surface area (Å²) in [5, 5.41) is 8.34. The average molecular weight is 560 g/mol. The number of ether oxygens (including phenoxy) is 1. The first-order valence-corrected chi connectivity index (χ1v) is 12.4. The van der Waals surface area contributed by atoms with Crippen molar-refractivity contribution >= 4 is 57.8 Å². The van der Waals surface area contributed by atoms with Crippen molar-refractivity contribution in [3.8, 4) is 16.9 Å². The lowest BCUT2D eigenvalue weighted by Gasteiger charge is -2.08. The van der Waals surface area contributed by atoms with E-state index in [2.05, 4.69) is 10.4 Å². The molecular weight excluding hydrogens is 541 g/mol. The van der Waals surface area contributed by atoms with E-state index >= 15 is 0 Å². The molecule has 3 aromatic carbocycles. The van der Waals surface area contributed by atoms with E-state index in [9.17, 15) is 14.4 Å². The van der Waals surface area contributed by atoms with Gasteiger partial charge in [-0.3, -0.25) is 4.79 Å². The first-order valence-electron chi connectivity index (χ1n) is 11.7. The molecule has 0 aliphatic rings. The summed E-state index contributed by atoms with van der Waals surface area (Å²) in [6.07, 6.45) is 4.28. The molecule has 39 heavy (non-hydrogen) atoms. The highest BCUT2D eigenvalue weighted by Crippen LogP contribution is 2.30. The van der Waals surface area contributed by atoms with Gasteiger partial charge in [-0.15, -0.1) is 0 Å². The Hall–Kier alpha value is -4.66. The molecule has 0 aliphatic heterocycles. The molecule has 1 N–H and O–H groups in total. The molecule has 2 heterocycles. The molecule has 0 radical (unpaired) electrons. The summed E-state index contributed by atoms with van der Waals surface area (Å²) in [4.78, 5) is 37.5. The Morgan fingerprint density at radius 1 is 0.974 bits per heavy atom. The molecular formula is C29H19Cl2N3O5. The highest BCUT2D eigenvalue weighted by molar-refractivity contribution is 6.39. The standard InChI is InChI=1S/C29H19Cl2N3O5/c30-22-10-6-11-23(31)28(22)32-25(35)17-38-26(36)14-13-19-16-34(20-8-2-1-3-9-20)33-27(19)21-15-18-7-4-5-12-24(18)39-29(21)37/h1-16H,17H2,(H,32,35). The number of anilines is 1. The first kappa shape index (κ1) is 26.0. The van der Waals surface area contributed by atoms with Crippen LogP contribution in [0.2, 0.25) is 10.0 Å². The molecule has 0 saturated carbocycles. The molecule has 10 heteroatoms. The van der Waals surface area contributed by atoms with Gasteiger partial charge in [-0.1, -0.05) is 65.7 Å². The number of para-hydroxylation sites is 3. The summed E-state index contributed by atoms with van der Waals surface area (Å²) in [5.74, 6) is -1.39. The zero-order valence-electron chi connectivity index (χ0n) is 20.1. The lowest BCUT2D eigenvalue weighted by molar-refractivity contribution is -0.142. The Morgan fingerprint density at radius 3 is 2.46 bits per heavy atom. The van der Waals surface area contributed by atoms with Gasteiger partial charge in [-0.25, -0.2) is 14.3 Å². The Balaban J connectivity index is 1.39. The summed E-state index contributed by atoms with van der Waals surface area (Å²) in [5.41, 5.74) is 1.86. The Labute approximate surface area is 232 Å². The largest absolute Gasteiger partial charge is 0.452 e. The highest BCUT2D eigenvalue weighted by atomic mass is 35.5. The molecule has 0 bridgehead atoms. The Morgan fingerprint density at radius 2 is 1.69 bits per heavy atom. The van der Waals surface area contributed by atoms with Gasteiger partial charge < -0.3 is 14.5 Å². The molecule has 0 aliphatic carbocycles. The van der Waals surface area contributed by atoms with Crippen LogP contribution >= 0.6 is 23.2 Å². The van der Waals surface area contributed by atoms with Crippen LogP contribution in [-0.4, -0.2) is 28.3 Å². The SMILES string of the molecule is O=C(COC(=O)C=Cc1cn(-c2ccccc2)nc1-c1cc2ccccc2oc1=O)Nc1c(Cl)cccc1Cl. The van der Waals surface area contributed by atoms with E-state index < -0.39 is 24.1 Å². The van der Waals surface area contributed by atoms with Crippen LogP contribution in [0.15, 0.2) is 100 Å². The van der Waals surface area contributed by atoms with Crippen LogP contribution in [0.3, 0.4) is 0 Å². The van der Waals surface area contributed by atoms with Gasteiger partial charge in [0.05, 0.1) is 27.0 Å². The van der Waals surface area contributed by atoms with Gasteiger partial charge in [0.15, 0.2) is 6.61 Å². The molecule has 8 nitrogen and oxygen atoms in total. The van der Waals surface area contributed by atoms with E-state index in [0.29, 0.717) is 16.8 Å². The monoisotopic (exact) mass is 559 g/mol. The molecule has 194 valence electrons. The van der Waals surface area contributed by atoms with Crippen LogP contribution in [-0.2, 0) is 14.3 Å². The summed E-state index contributed by atoms with van der Waals surface area (Å²) in [6.45, 7) is -0.560. The minimum atomic E-state index is -0.778. The van der Waals surface area contributed by atoms with Crippen molar-refractivity contribution in [2.45, 2.75) is 0 Å². The fraction of sp³-hybridized carbons (Fsp3) is 0.0345. The van der Waals surface area contributed by atoms with Gasteiger partial charge in [0, 0.05) is 23.2 Å². The molecule has 0 spiro atoms. The van der Waals surface area contributed by atoms with Gasteiger partial charge >= 0.3 is 11.6 Å². The number of halogens is 2. The van der Waals surface area contributed by atoms with E-state index in [4.69, 9.17) is 32.4 Å². The number of benzene rings is 3. The van der Waals surface area contributed by atoms with Gasteiger partial charge in [0.25, 0.3) is 5.91 Å². The third kappa shape index (κ3) is 5.93. The number of nitrogens with one attached hydrogen (secondary N) is 1. The summed E-state index contributed by atoms with van der Waals surface area (Å²) in [7, 11) is 0. The van der Waals surface area contributed by atoms with Crippen molar-refractivity contribution in [2.24, 2.45) is 0 Å². The van der Waals surface area contributed by atoms with Crippen molar-refractivity contribution in [1.82, 2.24) is 9.78 Å². The maximum absolute atomic E-state index is 12.9. The molecule has 0 atom stereocenters. The number of aromatic nitrogens is 2. The highest BCUT2D eigenvalue weighted by Gasteiger charge is 2.17. The third-order valence-electron chi connectivity index (χ3n) is 5.63. The van der Waals surface area contributed by atoms with Crippen LogP contribution in [0.5, 0.6) is 0 Å². The van der Waals surface area contributed by atoms with Crippen LogP contribution in [0, 0.1) is 0 Å². The molecule has 5 aromatic rings. The summed E-state index contributed by atoms with van der Waals surface area (Å²) >= 11 is 12.1. The third-order valence-corrected chi connectivity index (χ3v) is 6.26. The molecule has 0 saturated heterocycles. The number of amides is 1. The van der Waals surface area contributed by atoms with Crippen molar-refractivity contribution in [3.63, 3.8) is 0 Å². The number of fused-ring (bicyclic) bond motifs is 1. The van der Waals surface area contributed by atoms with E-state index in [1.807, 2.05) is 42.5 Å². The zero-order chi connectivity index (χ0) is 27.4. The minimum absolute atomic E-state index is 0.226. The van der Waals surface area contributed by atoms with E-state index in [1.54, 1.807) is 47.3 Å². The fourth-order valence-electron chi connectivity index (χ4n) is 3.79. The maximum atomic E-state index is 12.9. The summed E-state index contributed by atoms with van der Waals surface area (Å²) < 4.78 is 12.1. The topological polar surface area (TPSA) is 103 Å². The number of esters is 1. The minimum Gasteiger partial charge on any atom is -0.452 e. The van der Waals surface area contributed by atoms with Gasteiger partial charge in [0.1, 0.15) is 11.3 Å². The van der Waals surface area contributed by atoms with Crippen LogP contribution in [0.1, 0.15) is 5.56 Å². The number of carbonyl (C=O) groups is 2. The second-order valence-corrected chi connectivity index (χ2v) is 9.10.